The third-order valence-corrected chi connectivity index (χ3v) is 4.95. The Morgan fingerprint density at radius 1 is 1.11 bits per heavy atom. The van der Waals surface area contributed by atoms with Gasteiger partial charge in [-0.25, -0.2) is 9.78 Å². The lowest BCUT2D eigenvalue weighted by molar-refractivity contribution is -0.115. The summed E-state index contributed by atoms with van der Waals surface area (Å²) in [5.74, 6) is -0.0718. The van der Waals surface area contributed by atoms with Crippen molar-refractivity contribution in [1.82, 2.24) is 4.98 Å². The molecule has 3 aromatic rings. The lowest BCUT2D eigenvalue weighted by Crippen LogP contribution is -2.15. The second-order valence-electron chi connectivity index (χ2n) is 6.20. The molecule has 0 radical (unpaired) electrons. The summed E-state index contributed by atoms with van der Waals surface area (Å²) in [6.45, 7) is 6.06. The van der Waals surface area contributed by atoms with E-state index in [1.165, 1.54) is 11.3 Å². The number of fused-ring (bicyclic) bond motifs is 1. The molecule has 6 nitrogen and oxygen atoms in total. The minimum Gasteiger partial charge on any atom is -0.450 e. The fraction of sp³-hybridized carbons (Fsp3) is 0.250. The molecule has 0 bridgehead atoms. The van der Waals surface area contributed by atoms with Crippen LogP contribution in [0.15, 0.2) is 36.4 Å². The van der Waals surface area contributed by atoms with Gasteiger partial charge in [0.2, 0.25) is 5.91 Å². The molecule has 3 rings (SSSR count). The minimum absolute atomic E-state index is 0.0718. The van der Waals surface area contributed by atoms with Crippen molar-refractivity contribution >= 4 is 44.4 Å². The fourth-order valence-corrected chi connectivity index (χ4v) is 3.57. The lowest BCUT2D eigenvalue weighted by Gasteiger charge is -2.08. The maximum absolute atomic E-state index is 12.4. The topological polar surface area (TPSA) is 80.3 Å². The quantitative estimate of drug-likeness (QED) is 0.671. The number of carbonyl (C=O) groups excluding carboxylic acids is 2. The number of thiazole rings is 1. The summed E-state index contributed by atoms with van der Waals surface area (Å²) in [7, 11) is 0. The molecule has 0 aliphatic carbocycles. The van der Waals surface area contributed by atoms with Crippen LogP contribution in [-0.4, -0.2) is 23.6 Å². The molecule has 0 atom stereocenters. The van der Waals surface area contributed by atoms with Gasteiger partial charge in [0.25, 0.3) is 0 Å². The number of rotatable bonds is 5. The van der Waals surface area contributed by atoms with Gasteiger partial charge in [-0.2, -0.15) is 0 Å². The highest BCUT2D eigenvalue weighted by Crippen LogP contribution is 2.28. The van der Waals surface area contributed by atoms with Crippen LogP contribution >= 0.6 is 11.3 Å². The molecule has 0 aliphatic rings. The van der Waals surface area contributed by atoms with Crippen LogP contribution in [0.1, 0.15) is 23.6 Å². The average molecular weight is 383 g/mol. The molecule has 2 aromatic carbocycles. The summed E-state index contributed by atoms with van der Waals surface area (Å²) in [4.78, 5) is 28.2. The minimum atomic E-state index is -0.529. The van der Waals surface area contributed by atoms with Crippen molar-refractivity contribution in [2.75, 3.05) is 17.2 Å². The molecule has 2 amide bonds. The Bertz CT molecular complexity index is 997. The van der Waals surface area contributed by atoms with E-state index in [0.717, 1.165) is 26.9 Å². The van der Waals surface area contributed by atoms with Gasteiger partial charge in [-0.3, -0.25) is 10.1 Å². The smallest absolute Gasteiger partial charge is 0.413 e. The van der Waals surface area contributed by atoms with E-state index in [2.05, 4.69) is 15.6 Å². The highest BCUT2D eigenvalue weighted by molar-refractivity contribution is 7.22. The van der Waals surface area contributed by atoms with Crippen molar-refractivity contribution < 1.29 is 14.3 Å². The molecule has 1 heterocycles. The van der Waals surface area contributed by atoms with E-state index in [0.29, 0.717) is 23.8 Å². The molecule has 0 aliphatic heterocycles. The van der Waals surface area contributed by atoms with E-state index in [4.69, 9.17) is 4.74 Å². The summed E-state index contributed by atoms with van der Waals surface area (Å²) >= 11 is 1.33. The van der Waals surface area contributed by atoms with Gasteiger partial charge in [0.05, 0.1) is 23.2 Å². The predicted molar refractivity (Wildman–Crippen MR) is 109 cm³/mol. The number of aromatic nitrogens is 1. The van der Waals surface area contributed by atoms with Crippen molar-refractivity contribution in [3.63, 3.8) is 0 Å². The number of nitrogens with one attached hydrogen (secondary N) is 2. The zero-order valence-electron chi connectivity index (χ0n) is 15.5. The Labute approximate surface area is 161 Å². The highest BCUT2D eigenvalue weighted by Gasteiger charge is 2.11. The SMILES string of the molecule is CCOC(=O)Nc1nc2ccc(NC(=O)Cc3cc(C)ccc3C)cc2s1. The van der Waals surface area contributed by atoms with Crippen LogP contribution < -0.4 is 10.6 Å². The number of benzene rings is 2. The van der Waals surface area contributed by atoms with Gasteiger partial charge in [0.1, 0.15) is 0 Å². The highest BCUT2D eigenvalue weighted by atomic mass is 32.1. The molecule has 7 heteroatoms. The number of amides is 2. The van der Waals surface area contributed by atoms with E-state index in [1.807, 2.05) is 44.2 Å². The summed E-state index contributed by atoms with van der Waals surface area (Å²) in [6, 6.07) is 11.6. The Balaban J connectivity index is 1.70. The van der Waals surface area contributed by atoms with E-state index < -0.39 is 6.09 Å². The molecular weight excluding hydrogens is 362 g/mol. The Hall–Kier alpha value is -2.93. The number of hydrogen-bond donors (Lipinski definition) is 2. The van der Waals surface area contributed by atoms with Crippen LogP contribution in [0.5, 0.6) is 0 Å². The monoisotopic (exact) mass is 383 g/mol. The van der Waals surface area contributed by atoms with Crippen LogP contribution in [0.25, 0.3) is 10.2 Å². The van der Waals surface area contributed by atoms with Gasteiger partial charge in [-0.1, -0.05) is 35.1 Å². The number of ether oxygens (including phenoxy) is 1. The zero-order chi connectivity index (χ0) is 19.4. The van der Waals surface area contributed by atoms with Gasteiger partial charge in [-0.05, 0) is 50.1 Å². The fourth-order valence-electron chi connectivity index (χ4n) is 2.68. The normalized spacial score (nSPS) is 10.6. The van der Waals surface area contributed by atoms with E-state index in [1.54, 1.807) is 13.0 Å². The zero-order valence-corrected chi connectivity index (χ0v) is 16.3. The Kier molecular flexibility index (Phi) is 5.71. The van der Waals surface area contributed by atoms with Gasteiger partial charge < -0.3 is 10.1 Å². The first-order chi connectivity index (χ1) is 12.9. The molecule has 2 N–H and O–H groups in total. The summed E-state index contributed by atoms with van der Waals surface area (Å²) in [6.07, 6.45) is -0.206. The van der Waals surface area contributed by atoms with Crippen LogP contribution in [-0.2, 0) is 16.0 Å². The maximum Gasteiger partial charge on any atom is 0.413 e. The van der Waals surface area contributed by atoms with E-state index in [9.17, 15) is 9.59 Å². The van der Waals surface area contributed by atoms with Crippen molar-refractivity contribution in [3.05, 3.63) is 53.1 Å². The van der Waals surface area contributed by atoms with E-state index >= 15 is 0 Å². The van der Waals surface area contributed by atoms with Crippen LogP contribution in [0.2, 0.25) is 0 Å². The summed E-state index contributed by atoms with van der Waals surface area (Å²) in [5, 5.41) is 5.98. The number of carbonyl (C=O) groups is 2. The average Bonchev–Trinajstić information content (AvgIpc) is 2.99. The lowest BCUT2D eigenvalue weighted by atomic mass is 10.0. The first kappa shape index (κ1) is 18.8. The molecule has 0 unspecified atom stereocenters. The molecular formula is C20H21N3O3S. The van der Waals surface area contributed by atoms with Crippen LogP contribution in [0, 0.1) is 13.8 Å². The first-order valence-corrected chi connectivity index (χ1v) is 9.46. The third kappa shape index (κ3) is 4.83. The van der Waals surface area contributed by atoms with Crippen molar-refractivity contribution in [2.24, 2.45) is 0 Å². The third-order valence-electron chi connectivity index (χ3n) is 4.01. The molecule has 0 saturated heterocycles. The van der Waals surface area contributed by atoms with Crippen molar-refractivity contribution in [2.45, 2.75) is 27.2 Å². The number of anilines is 2. The first-order valence-electron chi connectivity index (χ1n) is 8.65. The van der Waals surface area contributed by atoms with Gasteiger partial charge in [0, 0.05) is 5.69 Å². The van der Waals surface area contributed by atoms with E-state index in [-0.39, 0.29) is 5.91 Å². The maximum atomic E-state index is 12.4. The second-order valence-corrected chi connectivity index (χ2v) is 7.23. The summed E-state index contributed by atoms with van der Waals surface area (Å²) < 4.78 is 5.72. The Morgan fingerprint density at radius 3 is 2.70 bits per heavy atom. The van der Waals surface area contributed by atoms with Crippen molar-refractivity contribution in [3.8, 4) is 0 Å². The molecule has 0 saturated carbocycles. The summed E-state index contributed by atoms with van der Waals surface area (Å²) in [5.41, 5.74) is 4.70. The predicted octanol–water partition coefficient (Wildman–Crippen LogP) is 4.66. The van der Waals surface area contributed by atoms with Gasteiger partial charge in [0.15, 0.2) is 5.13 Å². The number of nitrogens with zero attached hydrogens (tertiary/aromatic N) is 1. The largest absolute Gasteiger partial charge is 0.450 e. The van der Waals surface area contributed by atoms with Gasteiger partial charge >= 0.3 is 6.09 Å². The molecule has 27 heavy (non-hydrogen) atoms. The number of hydrogen-bond acceptors (Lipinski definition) is 5. The second kappa shape index (κ2) is 8.18. The van der Waals surface area contributed by atoms with Crippen LogP contribution in [0.4, 0.5) is 15.6 Å². The molecule has 140 valence electrons. The molecule has 1 aromatic heterocycles. The van der Waals surface area contributed by atoms with Crippen LogP contribution in [0.3, 0.4) is 0 Å². The standard InChI is InChI=1S/C20H21N3O3S/c1-4-26-20(25)23-19-22-16-8-7-15(11-17(16)27-19)21-18(24)10-14-9-12(2)5-6-13(14)3/h5-9,11H,4,10H2,1-3H3,(H,21,24)(H,22,23,25). The van der Waals surface area contributed by atoms with Gasteiger partial charge in [-0.15, -0.1) is 0 Å². The van der Waals surface area contributed by atoms with Crippen molar-refractivity contribution in [1.29, 1.82) is 0 Å². The molecule has 0 spiro atoms. The Morgan fingerprint density at radius 2 is 1.93 bits per heavy atom. The number of aryl methyl sites for hydroxylation is 2. The molecule has 0 fully saturated rings.